The van der Waals surface area contributed by atoms with Crippen LogP contribution in [-0.4, -0.2) is 22.4 Å². The summed E-state index contributed by atoms with van der Waals surface area (Å²) in [6.45, 7) is 3.98. The summed E-state index contributed by atoms with van der Waals surface area (Å²) < 4.78 is 0. The molecule has 2 nitrogen and oxygen atoms in total. The first kappa shape index (κ1) is 14.1. The average molecular weight is 274 g/mol. The van der Waals surface area contributed by atoms with Gasteiger partial charge in [-0.1, -0.05) is 30.7 Å². The molecule has 0 saturated heterocycles. The lowest BCUT2D eigenvalue weighted by Gasteiger charge is -2.29. The lowest BCUT2D eigenvalue weighted by Crippen LogP contribution is -2.26. The fourth-order valence-corrected chi connectivity index (χ4v) is 4.30. The van der Waals surface area contributed by atoms with Gasteiger partial charge in [0.05, 0.1) is 12.2 Å². The molecule has 3 saturated carbocycles. The second-order valence-corrected chi connectivity index (χ2v) is 6.76. The van der Waals surface area contributed by atoms with Crippen LogP contribution in [0.3, 0.4) is 0 Å². The maximum Gasteiger partial charge on any atom is 0.0811 e. The first-order valence-electron chi connectivity index (χ1n) is 8.10. The Hall–Kier alpha value is -0.860. The zero-order valence-electron chi connectivity index (χ0n) is 12.2. The van der Waals surface area contributed by atoms with Crippen LogP contribution in [0.1, 0.15) is 51.4 Å². The van der Waals surface area contributed by atoms with Crippen LogP contribution in [-0.2, 0) is 0 Å². The molecule has 0 amide bonds. The zero-order valence-corrected chi connectivity index (χ0v) is 12.2. The molecule has 0 aliphatic heterocycles. The Morgan fingerprint density at radius 2 is 1.85 bits per heavy atom. The van der Waals surface area contributed by atoms with Crippen LogP contribution in [0.2, 0.25) is 0 Å². The molecule has 0 radical (unpaired) electrons. The summed E-state index contributed by atoms with van der Waals surface area (Å²) in [6, 6.07) is 0. The molecule has 3 aliphatic rings. The Morgan fingerprint density at radius 3 is 2.70 bits per heavy atom. The second kappa shape index (κ2) is 5.87. The quantitative estimate of drug-likeness (QED) is 0.768. The predicted molar refractivity (Wildman–Crippen MR) is 81.2 cm³/mol. The maximum absolute atomic E-state index is 9.88. The van der Waals surface area contributed by atoms with Crippen molar-refractivity contribution >= 4 is 0 Å². The van der Waals surface area contributed by atoms with E-state index in [-0.39, 0.29) is 0 Å². The molecule has 3 aliphatic carbocycles. The normalized spacial score (nSPS) is 42.2. The van der Waals surface area contributed by atoms with Gasteiger partial charge >= 0.3 is 0 Å². The van der Waals surface area contributed by atoms with E-state index in [4.69, 9.17) is 0 Å². The van der Waals surface area contributed by atoms with Crippen molar-refractivity contribution in [2.24, 2.45) is 11.8 Å². The van der Waals surface area contributed by atoms with Gasteiger partial charge in [0.2, 0.25) is 0 Å². The molecule has 0 bridgehead atoms. The van der Waals surface area contributed by atoms with E-state index in [2.05, 4.69) is 18.7 Å². The molecule has 0 aromatic rings. The Labute approximate surface area is 121 Å². The van der Waals surface area contributed by atoms with Crippen LogP contribution >= 0.6 is 0 Å². The van der Waals surface area contributed by atoms with Crippen LogP contribution in [0, 0.1) is 11.8 Å². The lowest BCUT2D eigenvalue weighted by molar-refractivity contribution is 0.0862. The van der Waals surface area contributed by atoms with Crippen LogP contribution in [0.4, 0.5) is 0 Å². The van der Waals surface area contributed by atoms with Crippen LogP contribution in [0.15, 0.2) is 35.5 Å². The van der Waals surface area contributed by atoms with Crippen molar-refractivity contribution in [2.75, 3.05) is 0 Å². The van der Waals surface area contributed by atoms with E-state index in [1.54, 1.807) is 5.57 Å². The van der Waals surface area contributed by atoms with E-state index in [0.717, 1.165) is 23.0 Å². The molecule has 0 heterocycles. The Balaban J connectivity index is 1.77. The molecule has 2 N–H and O–H groups in total. The Morgan fingerprint density at radius 1 is 1.05 bits per heavy atom. The van der Waals surface area contributed by atoms with Crippen LogP contribution in [0.25, 0.3) is 0 Å². The third-order valence-electron chi connectivity index (χ3n) is 5.44. The Kier molecular flexibility index (Phi) is 4.13. The highest BCUT2D eigenvalue weighted by Gasteiger charge is 2.32. The number of fused-ring (bicyclic) bond motifs is 1. The van der Waals surface area contributed by atoms with Crippen molar-refractivity contribution in [3.05, 3.63) is 35.5 Å². The molecular weight excluding hydrogens is 248 g/mol. The predicted octanol–water partition coefficient (Wildman–Crippen LogP) is 3.51. The average Bonchev–Trinajstić information content (AvgIpc) is 2.90. The summed E-state index contributed by atoms with van der Waals surface area (Å²) in [4.78, 5) is 0. The molecule has 3 rings (SSSR count). The minimum absolute atomic E-state index is 0.425. The van der Waals surface area contributed by atoms with Gasteiger partial charge in [0, 0.05) is 6.42 Å². The number of hydrogen-bond acceptors (Lipinski definition) is 2. The van der Waals surface area contributed by atoms with Gasteiger partial charge in [-0.15, -0.1) is 0 Å². The van der Waals surface area contributed by atoms with Crippen LogP contribution in [0.5, 0.6) is 0 Å². The molecule has 3 fully saturated rings. The number of hydrogen-bond donors (Lipinski definition) is 2. The lowest BCUT2D eigenvalue weighted by atomic mass is 9.77. The summed E-state index contributed by atoms with van der Waals surface area (Å²) >= 11 is 0. The third kappa shape index (κ3) is 2.77. The Bertz CT molecular complexity index is 446. The van der Waals surface area contributed by atoms with Crippen molar-refractivity contribution in [1.82, 2.24) is 0 Å². The highest BCUT2D eigenvalue weighted by Crippen LogP contribution is 2.45. The first-order valence-corrected chi connectivity index (χ1v) is 8.10. The SMILES string of the molecule is C=C1/C(=C\C=C2/CCCC3CCC[C@@H]23)C[C@@H](O)C[C@@H]1O. The van der Waals surface area contributed by atoms with E-state index in [1.165, 1.54) is 38.5 Å². The number of aliphatic hydroxyl groups is 2. The molecule has 4 atom stereocenters. The van der Waals surface area contributed by atoms with Gasteiger partial charge in [0.1, 0.15) is 0 Å². The van der Waals surface area contributed by atoms with E-state index >= 15 is 0 Å². The third-order valence-corrected chi connectivity index (χ3v) is 5.44. The monoisotopic (exact) mass is 274 g/mol. The van der Waals surface area contributed by atoms with Gasteiger partial charge in [-0.05, 0) is 61.5 Å². The van der Waals surface area contributed by atoms with Crippen molar-refractivity contribution in [2.45, 2.75) is 63.6 Å². The van der Waals surface area contributed by atoms with Crippen molar-refractivity contribution in [3.8, 4) is 0 Å². The topological polar surface area (TPSA) is 40.5 Å². The van der Waals surface area contributed by atoms with Crippen LogP contribution < -0.4 is 0 Å². The first-order chi connectivity index (χ1) is 9.65. The molecule has 2 heteroatoms. The van der Waals surface area contributed by atoms with E-state index in [9.17, 15) is 10.2 Å². The standard InChI is InChI=1S/C18H26O2/c1-12-15(10-16(19)11-18(12)20)9-8-14-5-2-4-13-6-3-7-17(13)14/h8-9,13,16-20H,1-7,10-11H2/b14-8+,15-9-/t13?,16-,17-,18+/m1/s1. The van der Waals surface area contributed by atoms with E-state index in [1.807, 2.05) is 0 Å². The summed E-state index contributed by atoms with van der Waals surface area (Å²) in [5.41, 5.74) is 3.42. The van der Waals surface area contributed by atoms with E-state index in [0.29, 0.717) is 12.8 Å². The van der Waals surface area contributed by atoms with Gasteiger partial charge in [-0.25, -0.2) is 0 Å². The van der Waals surface area contributed by atoms with E-state index < -0.39 is 12.2 Å². The smallest absolute Gasteiger partial charge is 0.0811 e. The summed E-state index contributed by atoms with van der Waals surface area (Å²) in [5.74, 6) is 1.71. The van der Waals surface area contributed by atoms with Crippen molar-refractivity contribution in [1.29, 1.82) is 0 Å². The largest absolute Gasteiger partial charge is 0.393 e. The molecule has 20 heavy (non-hydrogen) atoms. The van der Waals surface area contributed by atoms with Gasteiger partial charge in [0.25, 0.3) is 0 Å². The molecule has 0 aromatic carbocycles. The highest BCUT2D eigenvalue weighted by molar-refractivity contribution is 5.38. The molecule has 0 aromatic heterocycles. The number of aliphatic hydroxyl groups excluding tert-OH is 2. The van der Waals surface area contributed by atoms with Gasteiger partial charge in [0.15, 0.2) is 0 Å². The molecule has 0 spiro atoms. The summed E-state index contributed by atoms with van der Waals surface area (Å²) in [6.07, 6.45) is 12.5. The minimum atomic E-state index is -0.575. The summed E-state index contributed by atoms with van der Waals surface area (Å²) in [7, 11) is 0. The fraction of sp³-hybridized carbons (Fsp3) is 0.667. The highest BCUT2D eigenvalue weighted by atomic mass is 16.3. The van der Waals surface area contributed by atoms with Gasteiger partial charge < -0.3 is 10.2 Å². The zero-order chi connectivity index (χ0) is 14.1. The summed E-state index contributed by atoms with van der Waals surface area (Å²) in [5, 5.41) is 19.7. The number of allylic oxidation sites excluding steroid dienone is 3. The molecular formula is C18H26O2. The second-order valence-electron chi connectivity index (χ2n) is 6.76. The fourth-order valence-electron chi connectivity index (χ4n) is 4.30. The number of rotatable bonds is 1. The maximum atomic E-state index is 9.88. The van der Waals surface area contributed by atoms with Gasteiger partial charge in [-0.3, -0.25) is 0 Å². The minimum Gasteiger partial charge on any atom is -0.393 e. The van der Waals surface area contributed by atoms with Crippen molar-refractivity contribution < 1.29 is 10.2 Å². The molecule has 110 valence electrons. The van der Waals surface area contributed by atoms with Gasteiger partial charge in [-0.2, -0.15) is 0 Å². The van der Waals surface area contributed by atoms with Crippen molar-refractivity contribution in [3.63, 3.8) is 0 Å². The molecule has 1 unspecified atom stereocenters.